The van der Waals surface area contributed by atoms with Gasteiger partial charge in [-0.2, -0.15) is 0 Å². The van der Waals surface area contributed by atoms with Gasteiger partial charge in [-0.1, -0.05) is 6.92 Å². The SMILES string of the molecule is CCC(N)Cc1cn(CCOC(F)(F)F)cn1. The van der Waals surface area contributed by atoms with Crippen molar-refractivity contribution in [3.05, 3.63) is 18.2 Å². The van der Waals surface area contributed by atoms with Crippen molar-refractivity contribution in [3.8, 4) is 0 Å². The van der Waals surface area contributed by atoms with Crippen molar-refractivity contribution in [2.45, 2.75) is 38.7 Å². The fraction of sp³-hybridized carbons (Fsp3) is 0.700. The molecule has 1 heterocycles. The maximum atomic E-state index is 11.7. The summed E-state index contributed by atoms with van der Waals surface area (Å²) >= 11 is 0. The molecule has 0 fully saturated rings. The van der Waals surface area contributed by atoms with Crippen molar-refractivity contribution in [3.63, 3.8) is 0 Å². The molecule has 0 bridgehead atoms. The molecule has 0 radical (unpaired) electrons. The highest BCUT2D eigenvalue weighted by Crippen LogP contribution is 2.15. The first-order valence-electron chi connectivity index (χ1n) is 5.37. The molecule has 17 heavy (non-hydrogen) atoms. The molecule has 0 spiro atoms. The standard InChI is InChI=1S/C10H16F3N3O/c1-2-8(14)5-9-6-16(7-15-9)3-4-17-10(11,12)13/h6-8H,2-5,14H2,1H3. The number of halogens is 3. The molecule has 0 aromatic carbocycles. The van der Waals surface area contributed by atoms with Crippen LogP contribution >= 0.6 is 0 Å². The van der Waals surface area contributed by atoms with Gasteiger partial charge in [0.2, 0.25) is 0 Å². The highest BCUT2D eigenvalue weighted by molar-refractivity contribution is 4.99. The van der Waals surface area contributed by atoms with Crippen molar-refractivity contribution in [2.24, 2.45) is 5.73 Å². The molecular formula is C10H16F3N3O. The molecule has 1 atom stereocenters. The van der Waals surface area contributed by atoms with Crippen LogP contribution in [0.3, 0.4) is 0 Å². The summed E-state index contributed by atoms with van der Waals surface area (Å²) < 4.78 is 40.4. The zero-order valence-electron chi connectivity index (χ0n) is 9.57. The first kappa shape index (κ1) is 14.0. The van der Waals surface area contributed by atoms with Gasteiger partial charge in [0, 0.05) is 25.2 Å². The minimum Gasteiger partial charge on any atom is -0.335 e. The van der Waals surface area contributed by atoms with Crippen molar-refractivity contribution < 1.29 is 17.9 Å². The van der Waals surface area contributed by atoms with E-state index >= 15 is 0 Å². The summed E-state index contributed by atoms with van der Waals surface area (Å²) in [6.07, 6.45) is 0.0638. The number of ether oxygens (including phenoxy) is 1. The van der Waals surface area contributed by atoms with E-state index in [9.17, 15) is 13.2 Å². The first-order chi connectivity index (χ1) is 7.90. The second kappa shape index (κ2) is 6.02. The van der Waals surface area contributed by atoms with Gasteiger partial charge in [0.1, 0.15) is 0 Å². The summed E-state index contributed by atoms with van der Waals surface area (Å²) in [6.45, 7) is 1.67. The number of rotatable bonds is 6. The Labute approximate surface area is 97.6 Å². The maximum absolute atomic E-state index is 11.7. The van der Waals surface area contributed by atoms with E-state index in [1.807, 2.05) is 6.92 Å². The van der Waals surface area contributed by atoms with E-state index in [2.05, 4.69) is 9.72 Å². The molecule has 0 saturated heterocycles. The second-order valence-corrected chi connectivity index (χ2v) is 3.77. The Morgan fingerprint density at radius 1 is 1.53 bits per heavy atom. The maximum Gasteiger partial charge on any atom is 0.522 e. The molecule has 1 rings (SSSR count). The molecular weight excluding hydrogens is 235 g/mol. The lowest BCUT2D eigenvalue weighted by Crippen LogP contribution is -2.21. The molecule has 1 unspecified atom stereocenters. The number of alkyl halides is 3. The molecule has 1 aromatic heterocycles. The van der Waals surface area contributed by atoms with Gasteiger partial charge in [0.05, 0.1) is 18.6 Å². The lowest BCUT2D eigenvalue weighted by atomic mass is 10.1. The number of imidazole rings is 1. The predicted octanol–water partition coefficient (Wildman–Crippen LogP) is 1.70. The van der Waals surface area contributed by atoms with E-state index in [1.54, 1.807) is 10.8 Å². The van der Waals surface area contributed by atoms with Gasteiger partial charge in [-0.25, -0.2) is 4.98 Å². The van der Waals surface area contributed by atoms with E-state index in [0.717, 1.165) is 12.1 Å². The van der Waals surface area contributed by atoms with Crippen LogP contribution in [0.4, 0.5) is 13.2 Å². The average molecular weight is 251 g/mol. The van der Waals surface area contributed by atoms with Crippen LogP contribution in [-0.2, 0) is 17.7 Å². The Balaban J connectivity index is 2.36. The Kier molecular flexibility index (Phi) is 4.95. The molecule has 0 amide bonds. The number of aromatic nitrogens is 2. The van der Waals surface area contributed by atoms with Crippen LogP contribution in [0.1, 0.15) is 19.0 Å². The summed E-state index contributed by atoms with van der Waals surface area (Å²) in [7, 11) is 0. The minimum atomic E-state index is -4.58. The minimum absolute atomic E-state index is 0.0322. The molecule has 0 saturated carbocycles. The number of hydrogen-bond acceptors (Lipinski definition) is 3. The molecule has 2 N–H and O–H groups in total. The van der Waals surface area contributed by atoms with Crippen LogP contribution < -0.4 is 5.73 Å². The third kappa shape index (κ3) is 5.69. The molecule has 98 valence electrons. The number of nitrogens with zero attached hydrogens (tertiary/aromatic N) is 2. The van der Waals surface area contributed by atoms with Crippen LogP contribution in [0.2, 0.25) is 0 Å². The highest BCUT2D eigenvalue weighted by Gasteiger charge is 2.28. The van der Waals surface area contributed by atoms with E-state index in [-0.39, 0.29) is 12.6 Å². The van der Waals surface area contributed by atoms with Crippen LogP contribution in [0.5, 0.6) is 0 Å². The van der Waals surface area contributed by atoms with Crippen molar-refractivity contribution >= 4 is 0 Å². The molecule has 0 aliphatic heterocycles. The van der Waals surface area contributed by atoms with Gasteiger partial charge in [0.25, 0.3) is 0 Å². The van der Waals surface area contributed by atoms with Gasteiger partial charge in [-0.3, -0.25) is 4.74 Å². The van der Waals surface area contributed by atoms with Crippen LogP contribution in [0.25, 0.3) is 0 Å². The lowest BCUT2D eigenvalue weighted by molar-refractivity contribution is -0.325. The van der Waals surface area contributed by atoms with Gasteiger partial charge >= 0.3 is 6.36 Å². The number of nitrogens with two attached hydrogens (primary N) is 1. The van der Waals surface area contributed by atoms with Crippen molar-refractivity contribution in [1.82, 2.24) is 9.55 Å². The average Bonchev–Trinajstić information content (AvgIpc) is 2.63. The number of hydrogen-bond donors (Lipinski definition) is 1. The predicted molar refractivity (Wildman–Crippen MR) is 56.2 cm³/mol. The van der Waals surface area contributed by atoms with Crippen LogP contribution in [0, 0.1) is 0 Å². The van der Waals surface area contributed by atoms with E-state index < -0.39 is 13.0 Å². The Hall–Kier alpha value is -1.08. The Morgan fingerprint density at radius 3 is 2.82 bits per heavy atom. The molecule has 0 aliphatic rings. The van der Waals surface area contributed by atoms with Gasteiger partial charge in [-0.15, -0.1) is 13.2 Å². The smallest absolute Gasteiger partial charge is 0.335 e. The highest BCUT2D eigenvalue weighted by atomic mass is 19.4. The third-order valence-corrected chi connectivity index (χ3v) is 2.30. The molecule has 0 aliphatic carbocycles. The van der Waals surface area contributed by atoms with Crippen LogP contribution in [-0.4, -0.2) is 28.6 Å². The van der Waals surface area contributed by atoms with Gasteiger partial charge in [0.15, 0.2) is 0 Å². The van der Waals surface area contributed by atoms with Gasteiger partial charge < -0.3 is 10.3 Å². The molecule has 7 heteroatoms. The molecule has 4 nitrogen and oxygen atoms in total. The normalized spacial score (nSPS) is 13.9. The Bertz CT molecular complexity index is 338. The van der Waals surface area contributed by atoms with Crippen molar-refractivity contribution in [2.75, 3.05) is 6.61 Å². The largest absolute Gasteiger partial charge is 0.522 e. The van der Waals surface area contributed by atoms with Gasteiger partial charge in [-0.05, 0) is 6.42 Å². The summed E-state index contributed by atoms with van der Waals surface area (Å²) in [5, 5.41) is 0. The summed E-state index contributed by atoms with van der Waals surface area (Å²) in [5.74, 6) is 0. The fourth-order valence-electron chi connectivity index (χ4n) is 1.31. The summed E-state index contributed by atoms with van der Waals surface area (Å²) in [5.41, 5.74) is 6.53. The fourth-order valence-corrected chi connectivity index (χ4v) is 1.31. The van der Waals surface area contributed by atoms with Crippen LogP contribution in [0.15, 0.2) is 12.5 Å². The monoisotopic (exact) mass is 251 g/mol. The van der Waals surface area contributed by atoms with E-state index in [1.165, 1.54) is 6.33 Å². The lowest BCUT2D eigenvalue weighted by Gasteiger charge is -2.07. The zero-order chi connectivity index (χ0) is 12.9. The second-order valence-electron chi connectivity index (χ2n) is 3.77. The summed E-state index contributed by atoms with van der Waals surface area (Å²) in [6, 6.07) is 0.0322. The topological polar surface area (TPSA) is 53.1 Å². The van der Waals surface area contributed by atoms with Crippen molar-refractivity contribution in [1.29, 1.82) is 0 Å². The zero-order valence-corrected chi connectivity index (χ0v) is 9.57. The molecule has 1 aromatic rings. The first-order valence-corrected chi connectivity index (χ1v) is 5.37. The summed E-state index contributed by atoms with van der Waals surface area (Å²) in [4.78, 5) is 4.07. The third-order valence-electron chi connectivity index (χ3n) is 2.30. The van der Waals surface area contributed by atoms with E-state index in [0.29, 0.717) is 6.42 Å². The quantitative estimate of drug-likeness (QED) is 0.837. The van der Waals surface area contributed by atoms with E-state index in [4.69, 9.17) is 5.73 Å². The Morgan fingerprint density at radius 2 is 2.24 bits per heavy atom.